The van der Waals surface area contributed by atoms with Gasteiger partial charge in [-0.3, -0.25) is 4.79 Å². The zero-order chi connectivity index (χ0) is 11.4. The number of halogens is 1. The summed E-state index contributed by atoms with van der Waals surface area (Å²) >= 11 is 0. The fourth-order valence-corrected chi connectivity index (χ4v) is 1.71. The first-order chi connectivity index (χ1) is 7.78. The summed E-state index contributed by atoms with van der Waals surface area (Å²) in [6.45, 7) is 1.33. The molecule has 0 bridgehead atoms. The monoisotopic (exact) mass is 224 g/mol. The van der Waals surface area contributed by atoms with E-state index < -0.39 is 5.82 Å². The van der Waals surface area contributed by atoms with Gasteiger partial charge in [0.1, 0.15) is 24.0 Å². The van der Waals surface area contributed by atoms with Gasteiger partial charge in [0.05, 0.1) is 13.2 Å². The van der Waals surface area contributed by atoms with E-state index in [0.29, 0.717) is 30.8 Å². The normalized spacial score (nSPS) is 17.1. The Bertz CT molecular complexity index is 373. The van der Waals surface area contributed by atoms with Gasteiger partial charge >= 0.3 is 0 Å². The minimum Gasteiger partial charge on any atom is -0.490 e. The van der Waals surface area contributed by atoms with E-state index in [1.165, 1.54) is 12.1 Å². The van der Waals surface area contributed by atoms with Gasteiger partial charge in [0.25, 0.3) is 0 Å². The molecule has 86 valence electrons. The molecule has 0 aliphatic carbocycles. The van der Waals surface area contributed by atoms with E-state index in [-0.39, 0.29) is 6.10 Å². The van der Waals surface area contributed by atoms with E-state index in [9.17, 15) is 9.18 Å². The number of carbonyl (C=O) groups is 1. The minimum absolute atomic E-state index is 0.0510. The fraction of sp³-hybridized carbons (Fsp3) is 0.417. The van der Waals surface area contributed by atoms with Crippen molar-refractivity contribution in [1.29, 1.82) is 0 Å². The van der Waals surface area contributed by atoms with Gasteiger partial charge in [0.2, 0.25) is 0 Å². The highest BCUT2D eigenvalue weighted by Crippen LogP contribution is 2.20. The first kappa shape index (κ1) is 11.1. The first-order valence-electron chi connectivity index (χ1n) is 5.28. The zero-order valence-corrected chi connectivity index (χ0v) is 8.82. The van der Waals surface area contributed by atoms with Crippen LogP contribution < -0.4 is 4.74 Å². The third kappa shape index (κ3) is 2.79. The first-order valence-corrected chi connectivity index (χ1v) is 5.28. The van der Waals surface area contributed by atoms with Crippen molar-refractivity contribution in [3.8, 4) is 5.75 Å². The molecular weight excluding hydrogens is 211 g/mol. The summed E-state index contributed by atoms with van der Waals surface area (Å²) in [7, 11) is 0. The molecule has 2 rings (SSSR count). The van der Waals surface area contributed by atoms with Crippen molar-refractivity contribution >= 4 is 6.29 Å². The van der Waals surface area contributed by atoms with Crippen LogP contribution in [0.2, 0.25) is 0 Å². The quantitative estimate of drug-likeness (QED) is 0.738. The molecule has 1 aliphatic rings. The molecule has 4 heteroatoms. The third-order valence-electron chi connectivity index (χ3n) is 2.50. The Labute approximate surface area is 93.2 Å². The van der Waals surface area contributed by atoms with Crippen molar-refractivity contribution in [2.24, 2.45) is 0 Å². The Morgan fingerprint density at radius 2 is 2.06 bits per heavy atom. The smallest absolute Gasteiger partial charge is 0.150 e. The van der Waals surface area contributed by atoms with E-state index in [4.69, 9.17) is 9.47 Å². The van der Waals surface area contributed by atoms with Crippen molar-refractivity contribution in [3.63, 3.8) is 0 Å². The summed E-state index contributed by atoms with van der Waals surface area (Å²) in [5.41, 5.74) is 0.294. The van der Waals surface area contributed by atoms with Crippen LogP contribution in [0.1, 0.15) is 23.2 Å². The Morgan fingerprint density at radius 3 is 2.75 bits per heavy atom. The van der Waals surface area contributed by atoms with Gasteiger partial charge in [-0.15, -0.1) is 0 Å². The van der Waals surface area contributed by atoms with Gasteiger partial charge in [-0.2, -0.15) is 0 Å². The van der Waals surface area contributed by atoms with Crippen LogP contribution in [0, 0.1) is 5.82 Å². The largest absolute Gasteiger partial charge is 0.490 e. The Morgan fingerprint density at radius 1 is 1.31 bits per heavy atom. The molecule has 1 aliphatic heterocycles. The second kappa shape index (κ2) is 5.07. The van der Waals surface area contributed by atoms with Crippen molar-refractivity contribution in [2.75, 3.05) is 13.2 Å². The molecule has 3 nitrogen and oxygen atoms in total. The lowest BCUT2D eigenvalue weighted by Crippen LogP contribution is -2.25. The van der Waals surface area contributed by atoms with Crippen LogP contribution >= 0.6 is 0 Å². The minimum atomic E-state index is -0.452. The molecule has 0 unspecified atom stereocenters. The standard InChI is InChI=1S/C12H13FO3/c13-10-5-9(8-14)6-12(7-10)16-11-1-3-15-4-2-11/h5-8,11H,1-4H2. The lowest BCUT2D eigenvalue weighted by Gasteiger charge is -2.23. The molecule has 0 N–H and O–H groups in total. The van der Waals surface area contributed by atoms with Crippen molar-refractivity contribution in [3.05, 3.63) is 29.6 Å². The second-order valence-corrected chi connectivity index (χ2v) is 3.77. The van der Waals surface area contributed by atoms with Gasteiger partial charge in [-0.25, -0.2) is 4.39 Å². The summed E-state index contributed by atoms with van der Waals surface area (Å²) in [4.78, 5) is 10.6. The lowest BCUT2D eigenvalue weighted by atomic mass is 10.1. The summed E-state index contributed by atoms with van der Waals surface area (Å²) < 4.78 is 23.9. The van der Waals surface area contributed by atoms with Crippen LogP contribution in [0.15, 0.2) is 18.2 Å². The van der Waals surface area contributed by atoms with Crippen LogP contribution in [0.4, 0.5) is 4.39 Å². The summed E-state index contributed by atoms with van der Waals surface area (Å²) in [5.74, 6) is -0.0411. The van der Waals surface area contributed by atoms with E-state index in [2.05, 4.69) is 0 Å². The van der Waals surface area contributed by atoms with Crippen molar-refractivity contribution in [2.45, 2.75) is 18.9 Å². The molecule has 1 aromatic rings. The summed E-state index contributed by atoms with van der Waals surface area (Å²) in [6, 6.07) is 4.03. The molecule has 1 saturated heterocycles. The lowest BCUT2D eigenvalue weighted by molar-refractivity contribution is 0.0254. The number of ether oxygens (including phenoxy) is 2. The Kier molecular flexibility index (Phi) is 3.51. The number of benzene rings is 1. The molecule has 1 heterocycles. The van der Waals surface area contributed by atoms with Gasteiger partial charge < -0.3 is 9.47 Å². The van der Waals surface area contributed by atoms with Gasteiger partial charge in [0.15, 0.2) is 0 Å². The third-order valence-corrected chi connectivity index (χ3v) is 2.50. The molecule has 16 heavy (non-hydrogen) atoms. The maximum absolute atomic E-state index is 13.1. The van der Waals surface area contributed by atoms with Gasteiger partial charge in [-0.1, -0.05) is 0 Å². The average molecular weight is 224 g/mol. The second-order valence-electron chi connectivity index (χ2n) is 3.77. The van der Waals surface area contributed by atoms with Crippen LogP contribution in [-0.2, 0) is 4.74 Å². The predicted octanol–water partition coefficient (Wildman–Crippen LogP) is 2.20. The molecule has 0 saturated carbocycles. The fourth-order valence-electron chi connectivity index (χ4n) is 1.71. The number of rotatable bonds is 3. The molecule has 0 amide bonds. The molecule has 0 spiro atoms. The van der Waals surface area contributed by atoms with Crippen LogP contribution in [0.25, 0.3) is 0 Å². The maximum atomic E-state index is 13.1. The number of carbonyl (C=O) groups excluding carboxylic acids is 1. The van der Waals surface area contributed by atoms with Crippen LogP contribution in [0.3, 0.4) is 0 Å². The SMILES string of the molecule is O=Cc1cc(F)cc(OC2CCOCC2)c1. The van der Waals surface area contributed by atoms with Gasteiger partial charge in [0, 0.05) is 24.5 Å². The number of aldehydes is 1. The molecule has 1 aromatic carbocycles. The van der Waals surface area contributed by atoms with Gasteiger partial charge in [-0.05, 0) is 12.1 Å². The Hall–Kier alpha value is -1.42. The van der Waals surface area contributed by atoms with E-state index in [0.717, 1.165) is 12.8 Å². The molecule has 1 fully saturated rings. The Balaban J connectivity index is 2.07. The zero-order valence-electron chi connectivity index (χ0n) is 8.82. The van der Waals surface area contributed by atoms with E-state index in [1.54, 1.807) is 6.07 Å². The topological polar surface area (TPSA) is 35.5 Å². The summed E-state index contributed by atoms with van der Waals surface area (Å²) in [5, 5.41) is 0. The maximum Gasteiger partial charge on any atom is 0.150 e. The van der Waals surface area contributed by atoms with E-state index in [1.807, 2.05) is 0 Å². The molecular formula is C12H13FO3. The molecule has 0 radical (unpaired) electrons. The molecule has 0 atom stereocenters. The van der Waals surface area contributed by atoms with Crippen LogP contribution in [-0.4, -0.2) is 25.6 Å². The summed E-state index contributed by atoms with van der Waals surface area (Å²) in [6.07, 6.45) is 2.26. The molecule has 0 aromatic heterocycles. The predicted molar refractivity (Wildman–Crippen MR) is 56.3 cm³/mol. The highest BCUT2D eigenvalue weighted by molar-refractivity contribution is 5.75. The van der Waals surface area contributed by atoms with E-state index >= 15 is 0 Å². The van der Waals surface area contributed by atoms with Crippen molar-refractivity contribution < 1.29 is 18.7 Å². The van der Waals surface area contributed by atoms with Crippen LogP contribution in [0.5, 0.6) is 5.75 Å². The average Bonchev–Trinajstić information content (AvgIpc) is 2.29. The number of hydrogen-bond donors (Lipinski definition) is 0. The highest BCUT2D eigenvalue weighted by atomic mass is 19.1. The number of hydrogen-bond acceptors (Lipinski definition) is 3. The highest BCUT2D eigenvalue weighted by Gasteiger charge is 2.15. The van der Waals surface area contributed by atoms with Crippen molar-refractivity contribution in [1.82, 2.24) is 0 Å².